The van der Waals surface area contributed by atoms with Crippen molar-refractivity contribution in [2.45, 2.75) is 52.4 Å². The lowest BCUT2D eigenvalue weighted by Crippen LogP contribution is -2.42. The van der Waals surface area contributed by atoms with Crippen LogP contribution in [0.2, 0.25) is 0 Å². The van der Waals surface area contributed by atoms with E-state index in [2.05, 4.69) is 82.9 Å². The Balaban J connectivity index is 1.96. The van der Waals surface area contributed by atoms with E-state index >= 15 is 0 Å². The molecule has 0 spiro atoms. The van der Waals surface area contributed by atoms with Crippen molar-refractivity contribution in [2.24, 2.45) is 5.41 Å². The summed E-state index contributed by atoms with van der Waals surface area (Å²) in [5.41, 5.74) is 6.65. The first-order valence-corrected chi connectivity index (χ1v) is 8.76. The zero-order valence-corrected chi connectivity index (χ0v) is 15.5. The van der Waals surface area contributed by atoms with Crippen molar-refractivity contribution in [2.75, 3.05) is 0 Å². The van der Waals surface area contributed by atoms with Crippen molar-refractivity contribution in [3.8, 4) is 11.4 Å². The second-order valence-corrected chi connectivity index (χ2v) is 8.74. The molecule has 4 rings (SSSR count). The van der Waals surface area contributed by atoms with Gasteiger partial charge in [-0.25, -0.2) is 4.98 Å². The zero-order valence-electron chi connectivity index (χ0n) is 15.5. The number of hydrogen-bond donors (Lipinski definition) is 1. The number of nitrogens with one attached hydrogen (secondary N) is 1. The highest BCUT2D eigenvalue weighted by atomic mass is 14.9. The van der Waals surface area contributed by atoms with E-state index in [4.69, 9.17) is 4.98 Å². The number of aromatic nitrogens is 2. The molecule has 1 aliphatic carbocycles. The predicted octanol–water partition coefficient (Wildman–Crippen LogP) is 5.82. The lowest BCUT2D eigenvalue weighted by Gasteiger charge is -2.44. The predicted molar refractivity (Wildman–Crippen MR) is 101 cm³/mol. The van der Waals surface area contributed by atoms with E-state index in [1.165, 1.54) is 11.1 Å². The summed E-state index contributed by atoms with van der Waals surface area (Å²) in [4.78, 5) is 8.39. The Morgan fingerprint density at radius 2 is 1.38 bits per heavy atom. The van der Waals surface area contributed by atoms with Crippen molar-refractivity contribution in [1.82, 2.24) is 9.97 Å². The lowest BCUT2D eigenvalue weighted by molar-refractivity contribution is 0.125. The van der Waals surface area contributed by atoms with Gasteiger partial charge in [0, 0.05) is 5.56 Å². The van der Waals surface area contributed by atoms with E-state index in [0.717, 1.165) is 22.4 Å². The fourth-order valence-electron chi connectivity index (χ4n) is 4.28. The maximum Gasteiger partial charge on any atom is 0.138 e. The van der Waals surface area contributed by atoms with Gasteiger partial charge in [0.25, 0.3) is 0 Å². The molecule has 24 heavy (non-hydrogen) atoms. The van der Waals surface area contributed by atoms with Gasteiger partial charge in [0.1, 0.15) is 5.82 Å². The van der Waals surface area contributed by atoms with Gasteiger partial charge in [0.15, 0.2) is 0 Å². The van der Waals surface area contributed by atoms with Crippen LogP contribution in [0.25, 0.3) is 22.4 Å². The maximum atomic E-state index is 4.87. The van der Waals surface area contributed by atoms with Gasteiger partial charge in [-0.2, -0.15) is 0 Å². The van der Waals surface area contributed by atoms with Crippen molar-refractivity contribution in [3.05, 3.63) is 53.6 Å². The van der Waals surface area contributed by atoms with Gasteiger partial charge < -0.3 is 4.98 Å². The lowest BCUT2D eigenvalue weighted by atomic mass is 9.59. The summed E-state index contributed by atoms with van der Waals surface area (Å²) in [6.07, 6.45) is 0. The van der Waals surface area contributed by atoms with Crippen molar-refractivity contribution in [1.29, 1.82) is 0 Å². The van der Waals surface area contributed by atoms with E-state index in [9.17, 15) is 0 Å². The van der Waals surface area contributed by atoms with Crippen LogP contribution in [0, 0.1) is 5.41 Å². The monoisotopic (exact) mass is 318 g/mol. The number of rotatable bonds is 1. The van der Waals surface area contributed by atoms with Gasteiger partial charge in [-0.3, -0.25) is 0 Å². The average molecular weight is 318 g/mol. The van der Waals surface area contributed by atoms with E-state index in [1.807, 2.05) is 6.07 Å². The van der Waals surface area contributed by atoms with Crippen LogP contribution >= 0.6 is 0 Å². The first-order chi connectivity index (χ1) is 11.2. The number of aromatic amines is 1. The standard InChI is InChI=1S/C22H26N2/c1-20(2)15-12-17-18(13-16(15)21(3,4)22(20,5)6)24-19(23-17)14-10-8-7-9-11-14/h7-13H,1-6H3,(H,23,24). The third kappa shape index (κ3) is 1.74. The summed E-state index contributed by atoms with van der Waals surface area (Å²) < 4.78 is 0. The quantitative estimate of drug-likeness (QED) is 0.601. The van der Waals surface area contributed by atoms with E-state index < -0.39 is 0 Å². The summed E-state index contributed by atoms with van der Waals surface area (Å²) >= 11 is 0. The van der Waals surface area contributed by atoms with Gasteiger partial charge in [-0.05, 0) is 39.5 Å². The topological polar surface area (TPSA) is 28.7 Å². The highest BCUT2D eigenvalue weighted by Gasteiger charge is 2.56. The molecule has 1 aliphatic rings. The number of benzene rings is 2. The summed E-state index contributed by atoms with van der Waals surface area (Å²) in [6, 6.07) is 15.0. The maximum absolute atomic E-state index is 4.87. The number of imidazole rings is 1. The molecule has 1 aromatic heterocycles. The molecule has 0 atom stereocenters. The van der Waals surface area contributed by atoms with Crippen LogP contribution in [-0.4, -0.2) is 9.97 Å². The first kappa shape index (κ1) is 15.4. The molecule has 1 heterocycles. The minimum atomic E-state index is 0.117. The molecule has 0 bridgehead atoms. The smallest absolute Gasteiger partial charge is 0.138 e. The van der Waals surface area contributed by atoms with E-state index in [-0.39, 0.29) is 16.2 Å². The van der Waals surface area contributed by atoms with Crippen molar-refractivity contribution >= 4 is 11.0 Å². The largest absolute Gasteiger partial charge is 0.338 e. The van der Waals surface area contributed by atoms with Gasteiger partial charge in [-0.1, -0.05) is 71.9 Å². The molecule has 2 heteroatoms. The SMILES string of the molecule is CC1(C)c2cc3nc(-c4ccccc4)[nH]c3cc2C(C)(C)C1(C)C. The molecular weight excluding hydrogens is 292 g/mol. The normalized spacial score (nSPS) is 20.2. The Bertz CT molecular complexity index is 872. The highest BCUT2D eigenvalue weighted by molar-refractivity contribution is 5.82. The number of fused-ring (bicyclic) bond motifs is 2. The van der Waals surface area contributed by atoms with Crippen LogP contribution in [0.15, 0.2) is 42.5 Å². The highest BCUT2D eigenvalue weighted by Crippen LogP contribution is 2.61. The first-order valence-electron chi connectivity index (χ1n) is 8.76. The molecule has 0 aliphatic heterocycles. The zero-order chi connectivity index (χ0) is 17.3. The van der Waals surface area contributed by atoms with Crippen LogP contribution in [0.3, 0.4) is 0 Å². The number of H-pyrrole nitrogens is 1. The molecule has 2 aromatic carbocycles. The summed E-state index contributed by atoms with van der Waals surface area (Å²) in [6.45, 7) is 14.3. The molecule has 0 saturated heterocycles. The third-order valence-corrected chi connectivity index (χ3v) is 7.14. The van der Waals surface area contributed by atoms with Crippen LogP contribution in [-0.2, 0) is 10.8 Å². The van der Waals surface area contributed by atoms with Gasteiger partial charge in [0.05, 0.1) is 11.0 Å². The Labute approximate surface area is 144 Å². The van der Waals surface area contributed by atoms with Crippen molar-refractivity contribution < 1.29 is 0 Å². The third-order valence-electron chi connectivity index (χ3n) is 7.14. The average Bonchev–Trinajstić information content (AvgIpc) is 3.00. The minimum Gasteiger partial charge on any atom is -0.338 e. The second-order valence-electron chi connectivity index (χ2n) is 8.74. The summed E-state index contributed by atoms with van der Waals surface area (Å²) in [5.74, 6) is 0.948. The Kier molecular flexibility index (Phi) is 2.90. The molecule has 0 amide bonds. The van der Waals surface area contributed by atoms with Crippen LogP contribution in [0.4, 0.5) is 0 Å². The second kappa shape index (κ2) is 4.50. The Hall–Kier alpha value is -2.09. The van der Waals surface area contributed by atoms with Gasteiger partial charge in [-0.15, -0.1) is 0 Å². The van der Waals surface area contributed by atoms with E-state index in [0.29, 0.717) is 0 Å². The Morgan fingerprint density at radius 3 is 2.00 bits per heavy atom. The fourth-order valence-corrected chi connectivity index (χ4v) is 4.28. The molecule has 1 N–H and O–H groups in total. The molecule has 124 valence electrons. The molecule has 2 nitrogen and oxygen atoms in total. The Morgan fingerprint density at radius 1 is 0.792 bits per heavy atom. The summed E-state index contributed by atoms with van der Waals surface area (Å²) in [5, 5.41) is 0. The molecule has 3 aromatic rings. The molecule has 0 saturated carbocycles. The van der Waals surface area contributed by atoms with Crippen LogP contribution in [0.1, 0.15) is 52.7 Å². The molecule has 0 unspecified atom stereocenters. The molecular formula is C22H26N2. The number of hydrogen-bond acceptors (Lipinski definition) is 1. The fraction of sp³-hybridized carbons (Fsp3) is 0.409. The van der Waals surface area contributed by atoms with Gasteiger partial charge >= 0.3 is 0 Å². The van der Waals surface area contributed by atoms with Crippen LogP contribution in [0.5, 0.6) is 0 Å². The minimum absolute atomic E-state index is 0.117. The molecule has 0 radical (unpaired) electrons. The van der Waals surface area contributed by atoms with E-state index in [1.54, 1.807) is 0 Å². The van der Waals surface area contributed by atoms with Gasteiger partial charge in [0.2, 0.25) is 0 Å². The van der Waals surface area contributed by atoms with Crippen molar-refractivity contribution in [3.63, 3.8) is 0 Å². The summed E-state index contributed by atoms with van der Waals surface area (Å²) in [7, 11) is 0. The number of nitrogens with zero attached hydrogens (tertiary/aromatic N) is 1. The van der Waals surface area contributed by atoms with Crippen LogP contribution < -0.4 is 0 Å². The molecule has 0 fully saturated rings.